The fourth-order valence-electron chi connectivity index (χ4n) is 2.55. The summed E-state index contributed by atoms with van der Waals surface area (Å²) in [6.07, 6.45) is 0. The molecule has 0 heterocycles. The van der Waals surface area contributed by atoms with Crippen molar-refractivity contribution in [3.8, 4) is 5.75 Å². The maximum absolute atomic E-state index is 12.3. The third-order valence-electron chi connectivity index (χ3n) is 3.93. The van der Waals surface area contributed by atoms with Crippen molar-refractivity contribution >= 4 is 49.1 Å². The first-order valence-electron chi connectivity index (χ1n) is 8.61. The summed E-state index contributed by atoms with van der Waals surface area (Å²) < 4.78 is 38.0. The molecule has 10 heteroatoms. The highest BCUT2D eigenvalue weighted by molar-refractivity contribution is 9.10. The Balaban J connectivity index is 2.02. The summed E-state index contributed by atoms with van der Waals surface area (Å²) in [6, 6.07) is 7.85. The van der Waals surface area contributed by atoms with Crippen LogP contribution in [0.4, 0.5) is 5.69 Å². The Hall–Kier alpha value is -1.65. The number of benzene rings is 2. The van der Waals surface area contributed by atoms with Crippen LogP contribution in [0.2, 0.25) is 5.02 Å². The third kappa shape index (κ3) is 6.68. The number of sulfonamides is 1. The highest BCUT2D eigenvalue weighted by Crippen LogP contribution is 2.28. The molecule has 0 radical (unpaired) electrons. The molecule has 0 saturated heterocycles. The Morgan fingerprint density at radius 3 is 2.41 bits per heavy atom. The minimum Gasteiger partial charge on any atom is -0.482 e. The van der Waals surface area contributed by atoms with Gasteiger partial charge in [-0.25, -0.2) is 13.1 Å². The topological polar surface area (TPSA) is 93.7 Å². The molecule has 0 spiro atoms. The van der Waals surface area contributed by atoms with Gasteiger partial charge in [0.2, 0.25) is 10.0 Å². The van der Waals surface area contributed by atoms with Crippen molar-refractivity contribution in [1.29, 1.82) is 0 Å². The Morgan fingerprint density at radius 2 is 1.83 bits per heavy atom. The second kappa shape index (κ2) is 10.4. The molecule has 0 saturated carbocycles. The Labute approximate surface area is 183 Å². The molecule has 0 aliphatic heterocycles. The van der Waals surface area contributed by atoms with Gasteiger partial charge in [0.15, 0.2) is 6.61 Å². The average molecular weight is 506 g/mol. The monoisotopic (exact) mass is 504 g/mol. The molecule has 2 N–H and O–H groups in total. The van der Waals surface area contributed by atoms with Crippen molar-refractivity contribution in [3.63, 3.8) is 0 Å². The third-order valence-corrected chi connectivity index (χ3v) is 6.14. The first-order valence-corrected chi connectivity index (χ1v) is 11.3. The quantitative estimate of drug-likeness (QED) is 0.507. The van der Waals surface area contributed by atoms with E-state index in [1.165, 1.54) is 25.3 Å². The van der Waals surface area contributed by atoms with E-state index in [4.69, 9.17) is 21.1 Å². The van der Waals surface area contributed by atoms with Gasteiger partial charge in [-0.3, -0.25) is 4.79 Å². The van der Waals surface area contributed by atoms with Crippen LogP contribution in [-0.4, -0.2) is 41.2 Å². The number of halogens is 2. The molecule has 0 unspecified atom stereocenters. The zero-order valence-corrected chi connectivity index (χ0v) is 19.4. The number of aryl methyl sites for hydroxylation is 2. The Bertz CT molecular complexity index is 975. The van der Waals surface area contributed by atoms with Crippen LogP contribution in [-0.2, 0) is 19.6 Å². The van der Waals surface area contributed by atoms with Crippen LogP contribution < -0.4 is 14.8 Å². The van der Waals surface area contributed by atoms with Gasteiger partial charge in [-0.15, -0.1) is 0 Å². The molecule has 29 heavy (non-hydrogen) atoms. The molecule has 0 fully saturated rings. The number of nitrogens with one attached hydrogen (secondary N) is 2. The largest absolute Gasteiger partial charge is 0.482 e. The second-order valence-corrected chi connectivity index (χ2v) is 9.32. The van der Waals surface area contributed by atoms with Gasteiger partial charge in [-0.1, -0.05) is 27.5 Å². The standard InChI is InChI=1S/C19H22BrClN2O5S/c1-12-8-14(20)9-13(2)19(12)23-18(24)11-28-17-5-4-15(10-16(17)21)29(25,26)22-6-7-27-3/h4-5,8-10,22H,6-7,11H2,1-3H3,(H,23,24). The van der Waals surface area contributed by atoms with Gasteiger partial charge in [0, 0.05) is 23.8 Å². The van der Waals surface area contributed by atoms with E-state index >= 15 is 0 Å². The molecule has 158 valence electrons. The second-order valence-electron chi connectivity index (χ2n) is 6.23. The molecular formula is C19H22BrClN2O5S. The molecule has 2 aromatic carbocycles. The van der Waals surface area contributed by atoms with Crippen molar-refractivity contribution < 1.29 is 22.7 Å². The number of anilines is 1. The van der Waals surface area contributed by atoms with Crippen LogP contribution >= 0.6 is 27.5 Å². The van der Waals surface area contributed by atoms with Gasteiger partial charge >= 0.3 is 0 Å². The molecular weight excluding hydrogens is 484 g/mol. The lowest BCUT2D eigenvalue weighted by atomic mass is 10.1. The molecule has 2 aromatic rings. The summed E-state index contributed by atoms with van der Waals surface area (Å²) in [5.74, 6) is -0.144. The minimum atomic E-state index is -3.71. The van der Waals surface area contributed by atoms with E-state index in [9.17, 15) is 13.2 Å². The van der Waals surface area contributed by atoms with Crippen molar-refractivity contribution in [2.75, 3.05) is 32.2 Å². The van der Waals surface area contributed by atoms with E-state index in [1.807, 2.05) is 26.0 Å². The number of methoxy groups -OCH3 is 1. The van der Waals surface area contributed by atoms with Gasteiger partial charge < -0.3 is 14.8 Å². The number of carbonyl (C=O) groups is 1. The Kier molecular flexibility index (Phi) is 8.47. The number of rotatable bonds is 9. The van der Waals surface area contributed by atoms with Crippen LogP contribution in [0.25, 0.3) is 0 Å². The van der Waals surface area contributed by atoms with Crippen molar-refractivity contribution in [1.82, 2.24) is 4.72 Å². The molecule has 0 bridgehead atoms. The fraction of sp³-hybridized carbons (Fsp3) is 0.316. The van der Waals surface area contributed by atoms with Gasteiger partial charge in [-0.2, -0.15) is 0 Å². The molecule has 0 aliphatic rings. The molecule has 0 atom stereocenters. The SMILES string of the molecule is COCCNS(=O)(=O)c1ccc(OCC(=O)Nc2c(C)cc(Br)cc2C)c(Cl)c1. The van der Waals surface area contributed by atoms with E-state index in [2.05, 4.69) is 26.0 Å². The minimum absolute atomic E-state index is 0.00323. The summed E-state index contributed by atoms with van der Waals surface area (Å²) in [5.41, 5.74) is 2.55. The zero-order chi connectivity index (χ0) is 21.6. The lowest BCUT2D eigenvalue weighted by Crippen LogP contribution is -2.27. The van der Waals surface area contributed by atoms with Gasteiger partial charge in [0.05, 0.1) is 16.5 Å². The lowest BCUT2D eigenvalue weighted by Gasteiger charge is -2.14. The first kappa shape index (κ1) is 23.6. The van der Waals surface area contributed by atoms with E-state index in [1.54, 1.807) is 0 Å². The summed E-state index contributed by atoms with van der Waals surface area (Å²) >= 11 is 9.54. The predicted octanol–water partition coefficient (Wildman–Crippen LogP) is 3.66. The molecule has 0 aromatic heterocycles. The van der Waals surface area contributed by atoms with Crippen molar-refractivity contribution in [2.24, 2.45) is 0 Å². The number of hydrogen-bond donors (Lipinski definition) is 2. The summed E-state index contributed by atoms with van der Waals surface area (Å²) in [5, 5.41) is 2.90. The van der Waals surface area contributed by atoms with Crippen molar-refractivity contribution in [3.05, 3.63) is 51.0 Å². The highest BCUT2D eigenvalue weighted by Gasteiger charge is 2.16. The van der Waals surface area contributed by atoms with Crippen LogP contribution in [0.1, 0.15) is 11.1 Å². The summed E-state index contributed by atoms with van der Waals surface area (Å²) in [7, 11) is -2.23. The predicted molar refractivity (Wildman–Crippen MR) is 116 cm³/mol. The maximum atomic E-state index is 12.3. The van der Waals surface area contributed by atoms with Crippen LogP contribution in [0.15, 0.2) is 39.7 Å². The van der Waals surface area contributed by atoms with Crippen LogP contribution in [0.5, 0.6) is 5.75 Å². The van der Waals surface area contributed by atoms with Crippen LogP contribution in [0.3, 0.4) is 0 Å². The number of amides is 1. The van der Waals surface area contributed by atoms with Gasteiger partial charge in [0.1, 0.15) is 5.75 Å². The number of hydrogen-bond acceptors (Lipinski definition) is 5. The first-order chi connectivity index (χ1) is 13.6. The highest BCUT2D eigenvalue weighted by atomic mass is 79.9. The normalized spacial score (nSPS) is 11.3. The van der Waals surface area contributed by atoms with Crippen LogP contribution in [0, 0.1) is 13.8 Å². The summed E-state index contributed by atoms with van der Waals surface area (Å²) in [4.78, 5) is 12.2. The Morgan fingerprint density at radius 1 is 1.17 bits per heavy atom. The molecule has 1 amide bonds. The maximum Gasteiger partial charge on any atom is 0.262 e. The lowest BCUT2D eigenvalue weighted by molar-refractivity contribution is -0.118. The van der Waals surface area contributed by atoms with Crippen molar-refractivity contribution in [2.45, 2.75) is 18.7 Å². The average Bonchev–Trinajstić information content (AvgIpc) is 2.63. The smallest absolute Gasteiger partial charge is 0.262 e. The zero-order valence-electron chi connectivity index (χ0n) is 16.2. The van der Waals surface area contributed by atoms with Gasteiger partial charge in [0.25, 0.3) is 5.91 Å². The molecule has 2 rings (SSSR count). The molecule has 7 nitrogen and oxygen atoms in total. The van der Waals surface area contributed by atoms with E-state index in [-0.39, 0.29) is 41.3 Å². The van der Waals surface area contributed by atoms with E-state index in [0.717, 1.165) is 21.3 Å². The van der Waals surface area contributed by atoms with Gasteiger partial charge in [-0.05, 0) is 55.3 Å². The number of ether oxygens (including phenoxy) is 2. The molecule has 0 aliphatic carbocycles. The number of carbonyl (C=O) groups excluding carboxylic acids is 1. The van der Waals surface area contributed by atoms with E-state index < -0.39 is 10.0 Å². The van der Waals surface area contributed by atoms with E-state index in [0.29, 0.717) is 0 Å². The fourth-order valence-corrected chi connectivity index (χ4v) is 4.58. The summed E-state index contributed by atoms with van der Waals surface area (Å²) in [6.45, 7) is 3.91.